The summed E-state index contributed by atoms with van der Waals surface area (Å²) in [6.07, 6.45) is 4.17. The summed E-state index contributed by atoms with van der Waals surface area (Å²) < 4.78 is 13.2. The van der Waals surface area contributed by atoms with Gasteiger partial charge in [-0.3, -0.25) is 19.7 Å². The number of fused-ring (bicyclic) bond motifs is 2. The molecule has 2 heterocycles. The Kier molecular flexibility index (Phi) is 9.34. The highest BCUT2D eigenvalue weighted by molar-refractivity contribution is 5.91. The number of carbonyl (C=O) groups excluding carboxylic acids is 2. The van der Waals surface area contributed by atoms with E-state index in [1.54, 1.807) is 5.48 Å². The summed E-state index contributed by atoms with van der Waals surface area (Å²) in [6, 6.07) is 16.0. The van der Waals surface area contributed by atoms with Gasteiger partial charge in [-0.25, -0.2) is 5.48 Å². The molecule has 5 rings (SSSR count). The monoisotopic (exact) mass is 579 g/mol. The van der Waals surface area contributed by atoms with E-state index < -0.39 is 12.2 Å². The fourth-order valence-corrected chi connectivity index (χ4v) is 7.54. The molecule has 5 unspecified atom stereocenters. The molecule has 1 saturated carbocycles. The number of nitrogens with zero attached hydrogens (tertiary/aromatic N) is 1. The van der Waals surface area contributed by atoms with Crippen molar-refractivity contribution in [3.8, 4) is 0 Å². The Morgan fingerprint density at radius 2 is 1.76 bits per heavy atom. The molecule has 2 aromatic rings. The van der Waals surface area contributed by atoms with E-state index in [9.17, 15) is 14.7 Å². The van der Waals surface area contributed by atoms with Gasteiger partial charge in [-0.1, -0.05) is 57.2 Å². The van der Waals surface area contributed by atoms with Crippen LogP contribution >= 0.6 is 0 Å². The minimum Gasteiger partial charge on any atom is -0.392 e. The number of hydroxylamine groups is 1. The molecule has 3 aliphatic rings. The number of benzene rings is 2. The van der Waals surface area contributed by atoms with Crippen LogP contribution in [0.25, 0.3) is 0 Å². The molecule has 1 aliphatic carbocycles. The van der Waals surface area contributed by atoms with E-state index in [1.165, 1.54) is 19.3 Å². The first-order valence-electron chi connectivity index (χ1n) is 15.1. The van der Waals surface area contributed by atoms with Crippen molar-refractivity contribution in [3.63, 3.8) is 0 Å². The van der Waals surface area contributed by atoms with Gasteiger partial charge in [0, 0.05) is 49.6 Å². The lowest BCUT2D eigenvalue weighted by Crippen LogP contribution is -2.42. The third kappa shape index (κ3) is 7.57. The molecule has 2 saturated heterocycles. The lowest BCUT2D eigenvalue weighted by molar-refractivity contribution is -0.253. The van der Waals surface area contributed by atoms with Crippen molar-refractivity contribution in [1.29, 1.82) is 0 Å². The van der Waals surface area contributed by atoms with E-state index in [2.05, 4.69) is 31.0 Å². The molecule has 2 bridgehead atoms. The van der Waals surface area contributed by atoms with Crippen molar-refractivity contribution in [2.24, 2.45) is 10.8 Å². The Labute approximate surface area is 248 Å². The number of aliphatic hydroxyl groups excluding tert-OH is 1. The van der Waals surface area contributed by atoms with Crippen molar-refractivity contribution in [3.05, 3.63) is 65.2 Å². The van der Waals surface area contributed by atoms with Crippen molar-refractivity contribution in [1.82, 2.24) is 10.4 Å². The van der Waals surface area contributed by atoms with Gasteiger partial charge in [-0.05, 0) is 59.8 Å². The van der Waals surface area contributed by atoms with Gasteiger partial charge in [0.1, 0.15) is 0 Å². The summed E-state index contributed by atoms with van der Waals surface area (Å²) in [6.45, 7) is 9.15. The molecule has 228 valence electrons. The molecule has 3 fully saturated rings. The molecular formula is C33H45N3O6. The number of nitrogens with one attached hydrogen (secondary N) is 2. The van der Waals surface area contributed by atoms with Crippen LogP contribution < -0.4 is 10.8 Å². The second kappa shape index (κ2) is 12.8. The second-order valence-electron chi connectivity index (χ2n) is 13.6. The zero-order chi connectivity index (χ0) is 29.9. The average Bonchev–Trinajstić information content (AvgIpc) is 3.19. The zero-order valence-electron chi connectivity index (χ0n) is 25.0. The molecule has 2 aromatic carbocycles. The quantitative estimate of drug-likeness (QED) is 0.224. The largest absolute Gasteiger partial charge is 0.392 e. The molecule has 2 amide bonds. The van der Waals surface area contributed by atoms with Crippen LogP contribution in [0.4, 0.5) is 5.69 Å². The van der Waals surface area contributed by atoms with E-state index in [-0.39, 0.29) is 37.6 Å². The summed E-state index contributed by atoms with van der Waals surface area (Å²) in [5.74, 6) is -0.721. The highest BCUT2D eigenvalue weighted by Gasteiger charge is 2.50. The number of ether oxygens (including phenoxy) is 2. The van der Waals surface area contributed by atoms with Crippen molar-refractivity contribution >= 4 is 17.5 Å². The first-order valence-corrected chi connectivity index (χ1v) is 15.1. The number of rotatable bonds is 10. The van der Waals surface area contributed by atoms with Gasteiger partial charge in [0.05, 0.1) is 18.8 Å². The van der Waals surface area contributed by atoms with Crippen LogP contribution in [0.5, 0.6) is 0 Å². The molecule has 9 nitrogen and oxygen atoms in total. The fourth-order valence-electron chi connectivity index (χ4n) is 7.54. The molecule has 5 atom stereocenters. The van der Waals surface area contributed by atoms with Crippen LogP contribution in [0.1, 0.15) is 94.8 Å². The summed E-state index contributed by atoms with van der Waals surface area (Å²) in [5, 5.41) is 21.1. The number of likely N-dealkylation sites (tertiary alicyclic amines) is 1. The lowest BCUT2D eigenvalue weighted by atomic mass is 9.65. The first kappa shape index (κ1) is 30.6. The zero-order valence-corrected chi connectivity index (χ0v) is 25.0. The van der Waals surface area contributed by atoms with Crippen molar-refractivity contribution in [2.45, 2.75) is 96.9 Å². The van der Waals surface area contributed by atoms with Crippen molar-refractivity contribution in [2.75, 3.05) is 18.4 Å². The SMILES string of the molecule is CC1(C)CC2CC(C)(CN2CC2CC(c3ccc(CO)cc3)OC(c3cccc(NC(=O)CCCC(=O)NO)c3)O2)C1. The topological polar surface area (TPSA) is 120 Å². The minimum atomic E-state index is -0.606. The highest BCUT2D eigenvalue weighted by atomic mass is 16.7. The van der Waals surface area contributed by atoms with Gasteiger partial charge < -0.3 is 19.9 Å². The average molecular weight is 580 g/mol. The van der Waals surface area contributed by atoms with Gasteiger partial charge in [-0.2, -0.15) is 0 Å². The number of anilines is 1. The van der Waals surface area contributed by atoms with Gasteiger partial charge in [0.2, 0.25) is 11.8 Å². The molecular weight excluding hydrogens is 534 g/mol. The summed E-state index contributed by atoms with van der Waals surface area (Å²) >= 11 is 0. The van der Waals surface area contributed by atoms with Gasteiger partial charge in [0.15, 0.2) is 6.29 Å². The van der Waals surface area contributed by atoms with Crippen LogP contribution in [-0.2, 0) is 25.7 Å². The van der Waals surface area contributed by atoms with Crippen LogP contribution in [0, 0.1) is 10.8 Å². The maximum absolute atomic E-state index is 12.5. The Morgan fingerprint density at radius 3 is 2.50 bits per heavy atom. The minimum absolute atomic E-state index is 0.00122. The van der Waals surface area contributed by atoms with Crippen molar-refractivity contribution < 1.29 is 29.4 Å². The Bertz CT molecular complexity index is 1250. The normalized spacial score (nSPS) is 28.8. The standard InChI is InChI=1S/C33H45N3O6/c1-32(2)16-26-17-33(3,20-32)21-36(26)18-27-15-28(23-12-10-22(19-37)11-13-23)42-31(41-27)24-6-4-7-25(14-24)34-29(38)8-5-9-30(39)35-40/h4,6-7,10-14,26-28,31,37,40H,5,8-9,15-21H2,1-3H3,(H,34,38)(H,35,39). The molecule has 0 spiro atoms. The molecule has 0 radical (unpaired) electrons. The smallest absolute Gasteiger partial charge is 0.243 e. The molecule has 42 heavy (non-hydrogen) atoms. The van der Waals surface area contributed by atoms with Gasteiger partial charge in [-0.15, -0.1) is 0 Å². The Balaban J connectivity index is 1.31. The second-order valence-corrected chi connectivity index (χ2v) is 13.6. The number of aliphatic hydroxyl groups is 1. The van der Waals surface area contributed by atoms with E-state index >= 15 is 0 Å². The Morgan fingerprint density at radius 1 is 1.00 bits per heavy atom. The molecule has 4 N–H and O–H groups in total. The predicted molar refractivity (Wildman–Crippen MR) is 158 cm³/mol. The third-order valence-corrected chi connectivity index (χ3v) is 8.95. The van der Waals surface area contributed by atoms with E-state index in [1.807, 2.05) is 48.5 Å². The van der Waals surface area contributed by atoms with E-state index in [0.29, 0.717) is 29.0 Å². The fraction of sp³-hybridized carbons (Fsp3) is 0.576. The van der Waals surface area contributed by atoms with Crippen LogP contribution in [0.3, 0.4) is 0 Å². The maximum Gasteiger partial charge on any atom is 0.243 e. The van der Waals surface area contributed by atoms with Gasteiger partial charge >= 0.3 is 0 Å². The Hall–Kier alpha value is -2.82. The third-order valence-electron chi connectivity index (χ3n) is 8.95. The van der Waals surface area contributed by atoms with E-state index in [0.717, 1.165) is 36.2 Å². The summed E-state index contributed by atoms with van der Waals surface area (Å²) in [4.78, 5) is 26.3. The maximum atomic E-state index is 12.5. The van der Waals surface area contributed by atoms with Crippen LogP contribution in [0.2, 0.25) is 0 Å². The number of hydrogen-bond acceptors (Lipinski definition) is 7. The number of hydrogen-bond donors (Lipinski definition) is 4. The lowest BCUT2D eigenvalue weighted by Gasteiger charge is -2.41. The first-order chi connectivity index (χ1) is 20.0. The predicted octanol–water partition coefficient (Wildman–Crippen LogP) is 5.24. The number of carbonyl (C=O) groups is 2. The summed E-state index contributed by atoms with van der Waals surface area (Å²) in [5.41, 5.74) is 5.63. The molecule has 2 aliphatic heterocycles. The molecule has 0 aromatic heterocycles. The van der Waals surface area contributed by atoms with Crippen LogP contribution in [-0.4, -0.2) is 52.3 Å². The van der Waals surface area contributed by atoms with Crippen LogP contribution in [0.15, 0.2) is 48.5 Å². The summed E-state index contributed by atoms with van der Waals surface area (Å²) in [7, 11) is 0. The van der Waals surface area contributed by atoms with Gasteiger partial charge in [0.25, 0.3) is 0 Å². The molecule has 9 heteroatoms. The highest BCUT2D eigenvalue weighted by Crippen LogP contribution is 2.53. The number of amides is 2. The van der Waals surface area contributed by atoms with E-state index in [4.69, 9.17) is 14.7 Å².